The number of ether oxygens (including phenoxy) is 1. The molecule has 0 spiro atoms. The van der Waals surface area contributed by atoms with Crippen LogP contribution < -0.4 is 4.74 Å². The van der Waals surface area contributed by atoms with E-state index in [-0.39, 0.29) is 5.91 Å². The van der Waals surface area contributed by atoms with Crippen LogP contribution in [0.25, 0.3) is 0 Å². The third kappa shape index (κ3) is 3.53. The van der Waals surface area contributed by atoms with Crippen LogP contribution in [0, 0.1) is 5.82 Å². The number of aromatic nitrogens is 3. The molecule has 0 bridgehead atoms. The van der Waals surface area contributed by atoms with Crippen LogP contribution in [0.5, 0.6) is 5.75 Å². The molecule has 0 radical (unpaired) electrons. The van der Waals surface area contributed by atoms with Crippen molar-refractivity contribution in [1.82, 2.24) is 20.1 Å². The Morgan fingerprint density at radius 2 is 2.35 bits per heavy atom. The van der Waals surface area contributed by atoms with E-state index in [0.717, 1.165) is 0 Å². The van der Waals surface area contributed by atoms with Gasteiger partial charge in [0.1, 0.15) is 23.7 Å². The Morgan fingerprint density at radius 1 is 1.55 bits per heavy atom. The van der Waals surface area contributed by atoms with Crippen molar-refractivity contribution >= 4 is 5.91 Å². The van der Waals surface area contributed by atoms with Gasteiger partial charge in [0.05, 0.1) is 6.54 Å². The van der Waals surface area contributed by atoms with Gasteiger partial charge >= 0.3 is 0 Å². The first-order chi connectivity index (χ1) is 9.56. The summed E-state index contributed by atoms with van der Waals surface area (Å²) in [6, 6.07) is 5.68. The number of amides is 1. The highest BCUT2D eigenvalue weighted by molar-refractivity contribution is 5.80. The Balaban J connectivity index is 1.94. The predicted octanol–water partition coefficient (Wildman–Crippen LogP) is 1.37. The fourth-order valence-electron chi connectivity index (χ4n) is 1.71. The van der Waals surface area contributed by atoms with Gasteiger partial charge in [-0.1, -0.05) is 6.07 Å². The number of aromatic amines is 1. The van der Waals surface area contributed by atoms with Gasteiger partial charge in [-0.15, -0.1) is 0 Å². The average Bonchev–Trinajstić information content (AvgIpc) is 2.90. The molecule has 0 aliphatic rings. The molecule has 0 saturated carbocycles. The summed E-state index contributed by atoms with van der Waals surface area (Å²) in [6.45, 7) is 1.92. The summed E-state index contributed by atoms with van der Waals surface area (Å²) in [4.78, 5) is 17.5. The zero-order chi connectivity index (χ0) is 14.5. The number of likely N-dealkylation sites (N-methyl/N-ethyl adjacent to an activating group) is 1. The minimum Gasteiger partial charge on any atom is -0.481 e. The molecule has 1 aromatic heterocycles. The standard InChI is InChI=1S/C13H15FN4O2/c1-9(20-11-5-3-4-10(14)6-11)13(19)18(2)7-12-15-8-16-17-12/h3-6,8-9H,7H2,1-2H3,(H,15,16,17). The van der Waals surface area contributed by atoms with Crippen molar-refractivity contribution in [2.24, 2.45) is 0 Å². The normalized spacial score (nSPS) is 11.9. The molecule has 20 heavy (non-hydrogen) atoms. The summed E-state index contributed by atoms with van der Waals surface area (Å²) >= 11 is 0. The van der Waals surface area contributed by atoms with Crippen molar-refractivity contribution in [3.8, 4) is 5.75 Å². The van der Waals surface area contributed by atoms with Gasteiger partial charge in [0.2, 0.25) is 0 Å². The molecule has 0 fully saturated rings. The lowest BCUT2D eigenvalue weighted by atomic mass is 10.3. The minimum absolute atomic E-state index is 0.231. The summed E-state index contributed by atoms with van der Waals surface area (Å²) in [5.74, 6) is 0.264. The Kier molecular flexibility index (Phi) is 4.29. The summed E-state index contributed by atoms with van der Waals surface area (Å²) in [6.07, 6.45) is 0.657. The van der Waals surface area contributed by atoms with Crippen LogP contribution in [-0.4, -0.2) is 39.1 Å². The van der Waals surface area contributed by atoms with Crippen LogP contribution >= 0.6 is 0 Å². The summed E-state index contributed by atoms with van der Waals surface area (Å²) in [7, 11) is 1.64. The quantitative estimate of drug-likeness (QED) is 0.896. The molecule has 0 aliphatic carbocycles. The van der Waals surface area contributed by atoms with Crippen LogP contribution in [0.3, 0.4) is 0 Å². The van der Waals surface area contributed by atoms with E-state index in [2.05, 4.69) is 15.2 Å². The van der Waals surface area contributed by atoms with Crippen molar-refractivity contribution in [2.45, 2.75) is 19.6 Å². The van der Waals surface area contributed by atoms with Crippen LogP contribution in [0.2, 0.25) is 0 Å². The average molecular weight is 278 g/mol. The van der Waals surface area contributed by atoms with E-state index >= 15 is 0 Å². The summed E-state index contributed by atoms with van der Waals surface area (Å²) in [5.41, 5.74) is 0. The van der Waals surface area contributed by atoms with Gasteiger partial charge in [0.25, 0.3) is 5.91 Å². The van der Waals surface area contributed by atoms with E-state index < -0.39 is 11.9 Å². The topological polar surface area (TPSA) is 71.1 Å². The van der Waals surface area contributed by atoms with Gasteiger partial charge in [0, 0.05) is 13.1 Å². The zero-order valence-electron chi connectivity index (χ0n) is 11.2. The van der Waals surface area contributed by atoms with E-state index in [4.69, 9.17) is 4.74 Å². The predicted molar refractivity (Wildman–Crippen MR) is 69.3 cm³/mol. The van der Waals surface area contributed by atoms with Crippen LogP contribution in [0.4, 0.5) is 4.39 Å². The fraction of sp³-hybridized carbons (Fsp3) is 0.308. The third-order valence-electron chi connectivity index (χ3n) is 2.68. The number of carbonyl (C=O) groups is 1. The van der Waals surface area contributed by atoms with Crippen LogP contribution in [0.1, 0.15) is 12.7 Å². The molecule has 2 aromatic rings. The molecule has 1 heterocycles. The lowest BCUT2D eigenvalue weighted by Gasteiger charge is -2.21. The number of halogens is 1. The van der Waals surface area contributed by atoms with Gasteiger partial charge in [-0.2, -0.15) is 5.10 Å². The van der Waals surface area contributed by atoms with Crippen molar-refractivity contribution in [2.75, 3.05) is 7.05 Å². The Labute approximate surface area is 115 Å². The molecule has 0 aliphatic heterocycles. The highest BCUT2D eigenvalue weighted by Crippen LogP contribution is 2.14. The smallest absolute Gasteiger partial charge is 0.263 e. The summed E-state index contributed by atoms with van der Waals surface area (Å²) < 4.78 is 18.5. The van der Waals surface area contributed by atoms with Crippen molar-refractivity contribution in [3.63, 3.8) is 0 Å². The molecule has 1 N–H and O–H groups in total. The highest BCUT2D eigenvalue weighted by Gasteiger charge is 2.20. The number of benzene rings is 1. The molecule has 0 saturated heterocycles. The Morgan fingerprint density at radius 3 is 3.00 bits per heavy atom. The Bertz CT molecular complexity index is 574. The van der Waals surface area contributed by atoms with E-state index in [1.165, 1.54) is 29.4 Å². The molecule has 1 amide bonds. The fourth-order valence-corrected chi connectivity index (χ4v) is 1.71. The molecule has 2 rings (SSSR count). The van der Waals surface area contributed by atoms with Crippen molar-refractivity contribution in [3.05, 3.63) is 42.2 Å². The van der Waals surface area contributed by atoms with Crippen LogP contribution in [0.15, 0.2) is 30.6 Å². The maximum atomic E-state index is 13.0. The number of hydrogen-bond acceptors (Lipinski definition) is 4. The third-order valence-corrected chi connectivity index (χ3v) is 2.68. The van der Waals surface area contributed by atoms with Gasteiger partial charge < -0.3 is 9.64 Å². The molecular weight excluding hydrogens is 263 g/mol. The van der Waals surface area contributed by atoms with Crippen molar-refractivity contribution in [1.29, 1.82) is 0 Å². The highest BCUT2D eigenvalue weighted by atomic mass is 19.1. The first-order valence-corrected chi connectivity index (χ1v) is 6.07. The molecule has 7 heteroatoms. The van der Waals surface area contributed by atoms with Gasteiger partial charge in [-0.05, 0) is 19.1 Å². The first kappa shape index (κ1) is 14.0. The lowest BCUT2D eigenvalue weighted by molar-refractivity contribution is -0.137. The van der Waals surface area contributed by atoms with E-state index in [0.29, 0.717) is 18.1 Å². The molecule has 6 nitrogen and oxygen atoms in total. The van der Waals surface area contributed by atoms with E-state index in [1.54, 1.807) is 20.0 Å². The first-order valence-electron chi connectivity index (χ1n) is 6.07. The Hall–Kier alpha value is -2.44. The molecule has 1 unspecified atom stereocenters. The second-order valence-electron chi connectivity index (χ2n) is 4.34. The molecule has 1 aromatic carbocycles. The van der Waals surface area contributed by atoms with Crippen molar-refractivity contribution < 1.29 is 13.9 Å². The number of nitrogens with one attached hydrogen (secondary N) is 1. The molecule has 1 atom stereocenters. The number of H-pyrrole nitrogens is 1. The van der Waals surface area contributed by atoms with Gasteiger partial charge in [-0.3, -0.25) is 9.89 Å². The largest absolute Gasteiger partial charge is 0.481 e. The van der Waals surface area contributed by atoms with Crippen LogP contribution in [-0.2, 0) is 11.3 Å². The van der Waals surface area contributed by atoms with E-state index in [1.807, 2.05) is 0 Å². The molecule has 106 valence electrons. The SMILES string of the molecule is CC(Oc1cccc(F)c1)C(=O)N(C)Cc1ncn[nH]1. The number of carbonyl (C=O) groups excluding carboxylic acids is 1. The number of nitrogens with zero attached hydrogens (tertiary/aromatic N) is 3. The zero-order valence-corrected chi connectivity index (χ0v) is 11.2. The minimum atomic E-state index is -0.718. The number of rotatable bonds is 5. The second-order valence-corrected chi connectivity index (χ2v) is 4.34. The number of hydrogen-bond donors (Lipinski definition) is 1. The monoisotopic (exact) mass is 278 g/mol. The molecular formula is C13H15FN4O2. The maximum Gasteiger partial charge on any atom is 0.263 e. The lowest BCUT2D eigenvalue weighted by Crippen LogP contribution is -2.37. The van der Waals surface area contributed by atoms with Gasteiger partial charge in [0.15, 0.2) is 6.10 Å². The summed E-state index contributed by atoms with van der Waals surface area (Å²) in [5, 5.41) is 6.38. The van der Waals surface area contributed by atoms with Gasteiger partial charge in [-0.25, -0.2) is 9.37 Å². The second kappa shape index (κ2) is 6.14. The van der Waals surface area contributed by atoms with E-state index in [9.17, 15) is 9.18 Å². The maximum absolute atomic E-state index is 13.0.